The maximum absolute atomic E-state index is 12.4. The first-order valence-corrected chi connectivity index (χ1v) is 10.1. The van der Waals surface area contributed by atoms with Crippen LogP contribution in [-0.4, -0.2) is 24.5 Å². The Hall–Kier alpha value is -3.28. The van der Waals surface area contributed by atoms with Crippen molar-refractivity contribution in [2.75, 3.05) is 7.05 Å². The van der Waals surface area contributed by atoms with Crippen LogP contribution in [0.4, 0.5) is 0 Å². The number of hydrogen-bond donors (Lipinski definition) is 3. The quantitative estimate of drug-likeness (QED) is 0.440. The summed E-state index contributed by atoms with van der Waals surface area (Å²) in [5.41, 5.74) is 3.39. The van der Waals surface area contributed by atoms with Crippen LogP contribution in [0, 0.1) is 6.92 Å². The monoisotopic (exact) mass is 406 g/mol. The first kappa shape index (κ1) is 21.4. The Morgan fingerprint density at radius 2 is 1.77 bits per heavy atom. The second-order valence-corrected chi connectivity index (χ2v) is 8.33. The van der Waals surface area contributed by atoms with Gasteiger partial charge in [0.15, 0.2) is 5.96 Å². The van der Waals surface area contributed by atoms with Crippen LogP contribution in [0.5, 0.6) is 0 Å². The molecule has 0 aliphatic carbocycles. The second-order valence-electron chi connectivity index (χ2n) is 8.33. The van der Waals surface area contributed by atoms with E-state index >= 15 is 0 Å². The van der Waals surface area contributed by atoms with Gasteiger partial charge in [0, 0.05) is 35.6 Å². The van der Waals surface area contributed by atoms with E-state index in [4.69, 9.17) is 4.42 Å². The molecule has 0 unspecified atom stereocenters. The van der Waals surface area contributed by atoms with Gasteiger partial charge < -0.3 is 20.4 Å². The average Bonchev–Trinajstić information content (AvgIpc) is 3.03. The van der Waals surface area contributed by atoms with Gasteiger partial charge in [-0.15, -0.1) is 0 Å². The number of rotatable bonds is 5. The predicted molar refractivity (Wildman–Crippen MR) is 122 cm³/mol. The summed E-state index contributed by atoms with van der Waals surface area (Å²) in [5.74, 6) is 1.48. The number of furan rings is 1. The maximum atomic E-state index is 12.4. The third kappa shape index (κ3) is 5.41. The number of nitrogens with one attached hydrogen (secondary N) is 3. The number of fused-ring (bicyclic) bond motifs is 1. The smallest absolute Gasteiger partial charge is 0.251 e. The van der Waals surface area contributed by atoms with E-state index in [1.165, 1.54) is 0 Å². The molecule has 3 aromatic rings. The Morgan fingerprint density at radius 3 is 2.47 bits per heavy atom. The highest BCUT2D eigenvalue weighted by Crippen LogP contribution is 2.24. The summed E-state index contributed by atoms with van der Waals surface area (Å²) in [6, 6.07) is 15.6. The van der Waals surface area contributed by atoms with Gasteiger partial charge in [-0.25, -0.2) is 0 Å². The zero-order valence-corrected chi connectivity index (χ0v) is 18.3. The van der Waals surface area contributed by atoms with E-state index in [0.29, 0.717) is 24.6 Å². The van der Waals surface area contributed by atoms with Gasteiger partial charge in [0.1, 0.15) is 11.3 Å². The lowest BCUT2D eigenvalue weighted by Crippen LogP contribution is -2.40. The van der Waals surface area contributed by atoms with E-state index in [-0.39, 0.29) is 11.4 Å². The van der Waals surface area contributed by atoms with Crippen LogP contribution in [0.1, 0.15) is 48.0 Å². The number of guanidine groups is 1. The normalized spacial score (nSPS) is 12.1. The number of aryl methyl sites for hydroxylation is 1. The summed E-state index contributed by atoms with van der Waals surface area (Å²) in [6.45, 7) is 9.05. The van der Waals surface area contributed by atoms with Gasteiger partial charge in [-0.2, -0.15) is 0 Å². The molecular formula is C24H30N4O2. The van der Waals surface area contributed by atoms with Crippen molar-refractivity contribution >= 4 is 22.8 Å². The van der Waals surface area contributed by atoms with E-state index < -0.39 is 0 Å². The fourth-order valence-electron chi connectivity index (χ4n) is 3.20. The zero-order valence-electron chi connectivity index (χ0n) is 18.3. The molecule has 2 aromatic carbocycles. The van der Waals surface area contributed by atoms with Gasteiger partial charge in [0.2, 0.25) is 0 Å². The number of para-hydroxylation sites is 1. The van der Waals surface area contributed by atoms with Crippen LogP contribution in [0.3, 0.4) is 0 Å². The minimum absolute atomic E-state index is 0.0767. The summed E-state index contributed by atoms with van der Waals surface area (Å²) >= 11 is 0. The van der Waals surface area contributed by atoms with Crippen molar-refractivity contribution in [3.05, 3.63) is 71.0 Å². The molecule has 1 heterocycles. The molecule has 0 fully saturated rings. The molecule has 1 amide bonds. The fraction of sp³-hybridized carbons (Fsp3) is 0.333. The molecule has 0 atom stereocenters. The third-order valence-electron chi connectivity index (χ3n) is 4.72. The minimum atomic E-state index is -0.272. The summed E-state index contributed by atoms with van der Waals surface area (Å²) in [5, 5.41) is 10.7. The molecule has 3 rings (SSSR count). The molecule has 6 nitrogen and oxygen atoms in total. The van der Waals surface area contributed by atoms with Crippen molar-refractivity contribution in [1.29, 1.82) is 0 Å². The Kier molecular flexibility index (Phi) is 6.45. The molecule has 158 valence electrons. The highest BCUT2D eigenvalue weighted by Gasteiger charge is 2.15. The predicted octanol–water partition coefficient (Wildman–Crippen LogP) is 4.13. The SMILES string of the molecule is CN=C(NCc1cccc(C(=O)NC(C)(C)C)c1)NCc1oc2ccccc2c1C. The lowest BCUT2D eigenvalue weighted by molar-refractivity contribution is 0.0919. The van der Waals surface area contributed by atoms with Gasteiger partial charge in [0.25, 0.3) is 5.91 Å². The van der Waals surface area contributed by atoms with E-state index in [1.807, 2.05) is 63.2 Å². The lowest BCUT2D eigenvalue weighted by atomic mass is 10.1. The van der Waals surface area contributed by atoms with Crippen molar-refractivity contribution < 1.29 is 9.21 Å². The molecule has 0 aliphatic rings. The largest absolute Gasteiger partial charge is 0.459 e. The first-order chi connectivity index (χ1) is 14.3. The number of hydrogen-bond acceptors (Lipinski definition) is 3. The lowest BCUT2D eigenvalue weighted by Gasteiger charge is -2.20. The summed E-state index contributed by atoms with van der Waals surface area (Å²) in [6.07, 6.45) is 0. The van der Waals surface area contributed by atoms with Gasteiger partial charge >= 0.3 is 0 Å². The van der Waals surface area contributed by atoms with E-state index in [2.05, 4.69) is 33.9 Å². The van der Waals surface area contributed by atoms with Crippen molar-refractivity contribution in [2.24, 2.45) is 4.99 Å². The van der Waals surface area contributed by atoms with E-state index in [1.54, 1.807) is 7.05 Å². The van der Waals surface area contributed by atoms with Crippen molar-refractivity contribution in [3.63, 3.8) is 0 Å². The maximum Gasteiger partial charge on any atom is 0.251 e. The Morgan fingerprint density at radius 1 is 1.03 bits per heavy atom. The number of carbonyl (C=O) groups excluding carboxylic acids is 1. The molecule has 0 saturated carbocycles. The van der Waals surface area contributed by atoms with Crippen LogP contribution in [0.25, 0.3) is 11.0 Å². The molecule has 3 N–H and O–H groups in total. The standard InChI is InChI=1S/C24H30N4O2/c1-16-19-11-6-7-12-20(19)30-21(16)15-27-23(25-5)26-14-17-9-8-10-18(13-17)22(29)28-24(2,3)4/h6-13H,14-15H2,1-5H3,(H,28,29)(H2,25,26,27). The zero-order chi connectivity index (χ0) is 21.7. The van der Waals surface area contributed by atoms with Crippen LogP contribution < -0.4 is 16.0 Å². The van der Waals surface area contributed by atoms with Crippen molar-refractivity contribution in [1.82, 2.24) is 16.0 Å². The van der Waals surface area contributed by atoms with Gasteiger partial charge in [-0.3, -0.25) is 9.79 Å². The first-order valence-electron chi connectivity index (χ1n) is 10.1. The summed E-state index contributed by atoms with van der Waals surface area (Å²) in [7, 11) is 1.73. The Labute approximate surface area is 177 Å². The highest BCUT2D eigenvalue weighted by atomic mass is 16.3. The molecule has 30 heavy (non-hydrogen) atoms. The second kappa shape index (κ2) is 9.03. The van der Waals surface area contributed by atoms with E-state index in [9.17, 15) is 4.79 Å². The van der Waals surface area contributed by atoms with Crippen molar-refractivity contribution in [2.45, 2.75) is 46.3 Å². The molecule has 0 radical (unpaired) electrons. The molecule has 6 heteroatoms. The Bertz CT molecular complexity index is 1060. The van der Waals surface area contributed by atoms with Gasteiger partial charge in [-0.1, -0.05) is 30.3 Å². The number of aliphatic imine (C=N–C) groups is 1. The molecule has 0 spiro atoms. The van der Waals surface area contributed by atoms with Crippen LogP contribution in [0.15, 0.2) is 57.9 Å². The topological polar surface area (TPSA) is 78.7 Å². The van der Waals surface area contributed by atoms with Gasteiger partial charge in [0.05, 0.1) is 6.54 Å². The van der Waals surface area contributed by atoms with Crippen LogP contribution >= 0.6 is 0 Å². The summed E-state index contributed by atoms with van der Waals surface area (Å²) < 4.78 is 5.95. The number of amides is 1. The molecule has 1 aromatic heterocycles. The third-order valence-corrected chi connectivity index (χ3v) is 4.72. The average molecular weight is 407 g/mol. The molecular weight excluding hydrogens is 376 g/mol. The Balaban J connectivity index is 1.59. The molecule has 0 saturated heterocycles. The number of carbonyl (C=O) groups is 1. The van der Waals surface area contributed by atoms with Crippen LogP contribution in [0.2, 0.25) is 0 Å². The minimum Gasteiger partial charge on any atom is -0.459 e. The fourth-order valence-corrected chi connectivity index (χ4v) is 3.20. The highest BCUT2D eigenvalue weighted by molar-refractivity contribution is 5.94. The van der Waals surface area contributed by atoms with Crippen LogP contribution in [-0.2, 0) is 13.1 Å². The number of benzene rings is 2. The number of nitrogens with zero attached hydrogens (tertiary/aromatic N) is 1. The molecule has 0 bridgehead atoms. The molecule has 0 aliphatic heterocycles. The van der Waals surface area contributed by atoms with Gasteiger partial charge in [-0.05, 0) is 51.5 Å². The summed E-state index contributed by atoms with van der Waals surface area (Å²) in [4.78, 5) is 16.7. The van der Waals surface area contributed by atoms with E-state index in [0.717, 1.165) is 27.9 Å². The van der Waals surface area contributed by atoms with Crippen molar-refractivity contribution in [3.8, 4) is 0 Å².